The van der Waals surface area contributed by atoms with E-state index in [1.54, 1.807) is 0 Å². The van der Waals surface area contributed by atoms with Gasteiger partial charge in [0.2, 0.25) is 0 Å². The molecule has 3 aliphatic rings. The van der Waals surface area contributed by atoms with Crippen LogP contribution in [0.3, 0.4) is 0 Å². The average Bonchev–Trinajstić information content (AvgIpc) is 2.78. The van der Waals surface area contributed by atoms with Gasteiger partial charge in [-0.2, -0.15) is 5.10 Å². The van der Waals surface area contributed by atoms with Crippen LogP contribution in [0.1, 0.15) is 44.3 Å². The molecule has 3 unspecified atom stereocenters. The summed E-state index contributed by atoms with van der Waals surface area (Å²) in [4.78, 5) is 4.41. The van der Waals surface area contributed by atoms with E-state index in [2.05, 4.69) is 20.1 Å². The normalized spacial score (nSPS) is 34.3. The van der Waals surface area contributed by atoms with E-state index in [1.807, 2.05) is 6.33 Å². The first-order valence-electron chi connectivity index (χ1n) is 7.48. The molecule has 1 N–H and O–H groups in total. The summed E-state index contributed by atoms with van der Waals surface area (Å²) < 4.78 is 2.08. The number of aromatic nitrogens is 3. The lowest BCUT2D eigenvalue weighted by molar-refractivity contribution is 0.284. The van der Waals surface area contributed by atoms with Crippen molar-refractivity contribution < 1.29 is 0 Å². The largest absolute Gasteiger partial charge is 0.307 e. The Hall–Kier alpha value is -0.900. The van der Waals surface area contributed by atoms with Gasteiger partial charge >= 0.3 is 0 Å². The summed E-state index contributed by atoms with van der Waals surface area (Å²) in [5.74, 6) is 3.84. The molecule has 3 atom stereocenters. The third-order valence-corrected chi connectivity index (χ3v) is 5.02. The van der Waals surface area contributed by atoms with Crippen LogP contribution in [0.5, 0.6) is 0 Å². The van der Waals surface area contributed by atoms with Crippen LogP contribution in [0.2, 0.25) is 0 Å². The van der Waals surface area contributed by atoms with Crippen molar-refractivity contribution >= 4 is 0 Å². The minimum atomic E-state index is 0.738. The molecule has 3 aliphatic carbocycles. The van der Waals surface area contributed by atoms with Crippen LogP contribution in [-0.2, 0) is 13.1 Å². The van der Waals surface area contributed by atoms with Crippen molar-refractivity contribution in [1.29, 1.82) is 0 Å². The molecular formula is C14H22N4. The molecule has 98 valence electrons. The molecule has 4 heteroatoms. The van der Waals surface area contributed by atoms with Gasteiger partial charge in [-0.05, 0) is 49.9 Å². The molecule has 18 heavy (non-hydrogen) atoms. The Balaban J connectivity index is 1.33. The summed E-state index contributed by atoms with van der Waals surface area (Å²) in [6.45, 7) is 1.94. The molecule has 0 spiro atoms. The van der Waals surface area contributed by atoms with Crippen molar-refractivity contribution in [3.05, 3.63) is 12.2 Å². The average molecular weight is 246 g/mol. The zero-order valence-electron chi connectivity index (χ0n) is 10.9. The molecule has 4 rings (SSSR count). The first-order chi connectivity index (χ1) is 8.87. The summed E-state index contributed by atoms with van der Waals surface area (Å²) in [5.41, 5.74) is 0. The second-order valence-electron chi connectivity index (χ2n) is 6.47. The highest BCUT2D eigenvalue weighted by atomic mass is 15.3. The number of nitrogens with zero attached hydrogens (tertiary/aromatic N) is 3. The van der Waals surface area contributed by atoms with Crippen LogP contribution in [0, 0.1) is 17.8 Å². The summed E-state index contributed by atoms with van der Waals surface area (Å²) in [7, 11) is 0. The standard InChI is InChI=1S/C14H22N4/c1-2-11-5-10(1)6-12(11)8-18-9-16-14(17-18)7-15-13-3-4-13/h9-13,15H,1-8H2. The predicted octanol–water partition coefficient (Wildman–Crippen LogP) is 1.97. The molecule has 0 aliphatic heterocycles. The van der Waals surface area contributed by atoms with Gasteiger partial charge in [-0.3, -0.25) is 4.68 Å². The second-order valence-corrected chi connectivity index (χ2v) is 6.47. The topological polar surface area (TPSA) is 42.7 Å². The third-order valence-electron chi connectivity index (χ3n) is 5.02. The van der Waals surface area contributed by atoms with E-state index in [0.29, 0.717) is 0 Å². The fourth-order valence-electron chi connectivity index (χ4n) is 3.87. The van der Waals surface area contributed by atoms with E-state index < -0.39 is 0 Å². The predicted molar refractivity (Wildman–Crippen MR) is 68.8 cm³/mol. The number of fused-ring (bicyclic) bond motifs is 2. The van der Waals surface area contributed by atoms with Crippen molar-refractivity contribution in [3.63, 3.8) is 0 Å². The van der Waals surface area contributed by atoms with Crippen LogP contribution >= 0.6 is 0 Å². The van der Waals surface area contributed by atoms with Gasteiger partial charge in [0, 0.05) is 12.6 Å². The van der Waals surface area contributed by atoms with E-state index in [4.69, 9.17) is 0 Å². The molecule has 0 amide bonds. The lowest BCUT2D eigenvalue weighted by Gasteiger charge is -2.20. The molecule has 3 saturated carbocycles. The Morgan fingerprint density at radius 2 is 2.17 bits per heavy atom. The Morgan fingerprint density at radius 1 is 1.22 bits per heavy atom. The molecule has 0 radical (unpaired) electrons. The Morgan fingerprint density at radius 3 is 2.89 bits per heavy atom. The maximum absolute atomic E-state index is 4.60. The molecule has 4 nitrogen and oxygen atoms in total. The Labute approximate surface area is 108 Å². The summed E-state index contributed by atoms with van der Waals surface area (Å²) >= 11 is 0. The van der Waals surface area contributed by atoms with Crippen LogP contribution in [0.25, 0.3) is 0 Å². The smallest absolute Gasteiger partial charge is 0.164 e. The Kier molecular flexibility index (Phi) is 2.64. The molecule has 0 aromatic carbocycles. The molecule has 1 aromatic rings. The van der Waals surface area contributed by atoms with Crippen LogP contribution in [0.4, 0.5) is 0 Å². The first kappa shape index (κ1) is 11.0. The number of hydrogen-bond acceptors (Lipinski definition) is 3. The quantitative estimate of drug-likeness (QED) is 0.863. The van der Waals surface area contributed by atoms with Crippen molar-refractivity contribution in [2.75, 3.05) is 0 Å². The first-order valence-corrected chi connectivity index (χ1v) is 7.48. The van der Waals surface area contributed by atoms with Crippen molar-refractivity contribution in [3.8, 4) is 0 Å². The fraction of sp³-hybridized carbons (Fsp3) is 0.857. The van der Waals surface area contributed by atoms with E-state index in [9.17, 15) is 0 Å². The number of hydrogen-bond donors (Lipinski definition) is 1. The number of nitrogens with one attached hydrogen (secondary N) is 1. The van der Waals surface area contributed by atoms with E-state index in [-0.39, 0.29) is 0 Å². The maximum atomic E-state index is 4.60. The molecular weight excluding hydrogens is 224 g/mol. The van der Waals surface area contributed by atoms with Crippen LogP contribution in [0.15, 0.2) is 6.33 Å². The molecule has 0 saturated heterocycles. The maximum Gasteiger partial charge on any atom is 0.164 e. The lowest BCUT2D eigenvalue weighted by Crippen LogP contribution is -2.19. The van der Waals surface area contributed by atoms with E-state index >= 15 is 0 Å². The fourth-order valence-corrected chi connectivity index (χ4v) is 3.87. The van der Waals surface area contributed by atoms with Gasteiger partial charge in [0.25, 0.3) is 0 Å². The Bertz CT molecular complexity index is 423. The van der Waals surface area contributed by atoms with Gasteiger partial charge < -0.3 is 5.32 Å². The van der Waals surface area contributed by atoms with E-state index in [1.165, 1.54) is 38.5 Å². The molecule has 2 bridgehead atoms. The molecule has 3 fully saturated rings. The van der Waals surface area contributed by atoms with Gasteiger partial charge in [-0.25, -0.2) is 4.98 Å². The van der Waals surface area contributed by atoms with Crippen LogP contribution in [-0.4, -0.2) is 20.8 Å². The van der Waals surface area contributed by atoms with Crippen molar-refractivity contribution in [2.24, 2.45) is 17.8 Å². The van der Waals surface area contributed by atoms with Gasteiger partial charge in [0.1, 0.15) is 6.33 Å². The zero-order chi connectivity index (χ0) is 11.9. The molecule has 1 aromatic heterocycles. The van der Waals surface area contributed by atoms with Gasteiger partial charge in [-0.15, -0.1) is 0 Å². The zero-order valence-corrected chi connectivity index (χ0v) is 10.9. The lowest BCUT2D eigenvalue weighted by atomic mass is 9.89. The third kappa shape index (κ3) is 2.18. The van der Waals surface area contributed by atoms with Crippen molar-refractivity contribution in [1.82, 2.24) is 20.1 Å². The van der Waals surface area contributed by atoms with Gasteiger partial charge in [0.15, 0.2) is 5.82 Å². The summed E-state index contributed by atoms with van der Waals surface area (Å²) in [6.07, 6.45) is 10.4. The highest BCUT2D eigenvalue weighted by Gasteiger charge is 2.39. The highest BCUT2D eigenvalue weighted by molar-refractivity contribution is 4.91. The molecule has 1 heterocycles. The monoisotopic (exact) mass is 246 g/mol. The SMILES string of the molecule is c1nc(CNC2CC2)nn1CC1CC2CCC1C2. The van der Waals surface area contributed by atoms with E-state index in [0.717, 1.165) is 42.7 Å². The summed E-state index contributed by atoms with van der Waals surface area (Å²) in [5, 5.41) is 8.07. The minimum Gasteiger partial charge on any atom is -0.307 e. The minimum absolute atomic E-state index is 0.738. The number of rotatable bonds is 5. The summed E-state index contributed by atoms with van der Waals surface area (Å²) in [6, 6.07) is 0.738. The van der Waals surface area contributed by atoms with Gasteiger partial charge in [-0.1, -0.05) is 6.42 Å². The van der Waals surface area contributed by atoms with Crippen LogP contribution < -0.4 is 5.32 Å². The van der Waals surface area contributed by atoms with Crippen molar-refractivity contribution in [2.45, 2.75) is 57.7 Å². The second kappa shape index (κ2) is 4.34. The highest BCUT2D eigenvalue weighted by Crippen LogP contribution is 2.48. The van der Waals surface area contributed by atoms with Gasteiger partial charge in [0.05, 0.1) is 6.54 Å².